The van der Waals surface area contributed by atoms with Crippen LogP contribution in [0.2, 0.25) is 0 Å². The van der Waals surface area contributed by atoms with Gasteiger partial charge in [0.25, 0.3) is 0 Å². The van der Waals surface area contributed by atoms with E-state index in [0.717, 1.165) is 25.9 Å². The first-order chi connectivity index (χ1) is 7.75. The number of aromatic nitrogens is 2. The van der Waals surface area contributed by atoms with Crippen molar-refractivity contribution in [2.75, 3.05) is 19.6 Å². The van der Waals surface area contributed by atoms with Gasteiger partial charge in [0.1, 0.15) is 0 Å². The van der Waals surface area contributed by atoms with Crippen molar-refractivity contribution in [3.8, 4) is 0 Å². The van der Waals surface area contributed by atoms with Crippen LogP contribution in [0.4, 0.5) is 0 Å². The average molecular weight is 223 g/mol. The summed E-state index contributed by atoms with van der Waals surface area (Å²) in [5.74, 6) is -0.714. The standard InChI is InChI=1S/C11H17N3O2/c15-11(16)4-9-13-7-2-10(3-8-13)14-6-1-5-12-14/h1,5-6,10H,2-4,7-9H2,(H,15,16). The van der Waals surface area contributed by atoms with Gasteiger partial charge in [0, 0.05) is 32.0 Å². The molecule has 0 bridgehead atoms. The molecule has 0 unspecified atom stereocenters. The van der Waals surface area contributed by atoms with Gasteiger partial charge in [-0.2, -0.15) is 5.10 Å². The fraction of sp³-hybridized carbons (Fsp3) is 0.636. The predicted molar refractivity (Wildman–Crippen MR) is 59.2 cm³/mol. The normalized spacial score (nSPS) is 18.8. The lowest BCUT2D eigenvalue weighted by Gasteiger charge is -2.31. The van der Waals surface area contributed by atoms with Crippen molar-refractivity contribution < 1.29 is 9.90 Å². The Balaban J connectivity index is 1.76. The van der Waals surface area contributed by atoms with Gasteiger partial charge in [-0.25, -0.2) is 0 Å². The molecular formula is C11H17N3O2. The van der Waals surface area contributed by atoms with Crippen LogP contribution in [-0.2, 0) is 4.79 Å². The number of aliphatic carboxylic acids is 1. The van der Waals surface area contributed by atoms with E-state index in [9.17, 15) is 4.79 Å². The molecule has 1 N–H and O–H groups in total. The van der Waals surface area contributed by atoms with Gasteiger partial charge in [0.05, 0.1) is 12.5 Å². The Morgan fingerprint density at radius 3 is 2.75 bits per heavy atom. The van der Waals surface area contributed by atoms with E-state index in [2.05, 4.69) is 10.00 Å². The minimum absolute atomic E-state index is 0.242. The number of hydrogen-bond acceptors (Lipinski definition) is 3. The molecule has 1 fully saturated rings. The molecule has 1 saturated heterocycles. The van der Waals surface area contributed by atoms with Crippen LogP contribution in [0.3, 0.4) is 0 Å². The number of nitrogens with zero attached hydrogens (tertiary/aromatic N) is 3. The molecule has 0 amide bonds. The third-order valence-corrected chi connectivity index (χ3v) is 3.10. The number of rotatable bonds is 4. The fourth-order valence-corrected chi connectivity index (χ4v) is 2.16. The SMILES string of the molecule is O=C(O)CCN1CCC(n2cccn2)CC1. The summed E-state index contributed by atoms with van der Waals surface area (Å²) >= 11 is 0. The van der Waals surface area contributed by atoms with Gasteiger partial charge < -0.3 is 10.0 Å². The first-order valence-corrected chi connectivity index (χ1v) is 5.69. The summed E-state index contributed by atoms with van der Waals surface area (Å²) in [6.07, 6.45) is 6.16. The second kappa shape index (κ2) is 5.12. The van der Waals surface area contributed by atoms with E-state index in [1.165, 1.54) is 0 Å². The van der Waals surface area contributed by atoms with Crippen LogP contribution >= 0.6 is 0 Å². The van der Waals surface area contributed by atoms with E-state index in [1.54, 1.807) is 6.20 Å². The average Bonchev–Trinajstić information content (AvgIpc) is 2.80. The lowest BCUT2D eigenvalue weighted by atomic mass is 10.1. The van der Waals surface area contributed by atoms with Gasteiger partial charge in [-0.3, -0.25) is 9.48 Å². The summed E-state index contributed by atoms with van der Waals surface area (Å²) in [6, 6.07) is 2.42. The van der Waals surface area contributed by atoms with Crippen molar-refractivity contribution in [3.63, 3.8) is 0 Å². The highest BCUT2D eigenvalue weighted by molar-refractivity contribution is 5.66. The van der Waals surface area contributed by atoms with E-state index in [4.69, 9.17) is 5.11 Å². The largest absolute Gasteiger partial charge is 0.481 e. The molecule has 5 heteroatoms. The molecule has 0 spiro atoms. The molecule has 1 aromatic heterocycles. The van der Waals surface area contributed by atoms with Gasteiger partial charge in [-0.15, -0.1) is 0 Å². The Hall–Kier alpha value is -1.36. The first-order valence-electron chi connectivity index (χ1n) is 5.69. The smallest absolute Gasteiger partial charge is 0.304 e. The Morgan fingerprint density at radius 1 is 1.44 bits per heavy atom. The van der Waals surface area contributed by atoms with Crippen molar-refractivity contribution >= 4 is 5.97 Å². The first kappa shape index (κ1) is 11.1. The topological polar surface area (TPSA) is 58.4 Å². The van der Waals surface area contributed by atoms with Gasteiger partial charge in [0.2, 0.25) is 0 Å². The molecule has 16 heavy (non-hydrogen) atoms. The monoisotopic (exact) mass is 223 g/mol. The van der Waals surface area contributed by atoms with Crippen molar-refractivity contribution in [3.05, 3.63) is 18.5 Å². The molecule has 88 valence electrons. The highest BCUT2D eigenvalue weighted by atomic mass is 16.4. The van der Waals surface area contributed by atoms with Crippen LogP contribution < -0.4 is 0 Å². The summed E-state index contributed by atoms with van der Waals surface area (Å²) in [5.41, 5.74) is 0. The van der Waals surface area contributed by atoms with E-state index < -0.39 is 5.97 Å². The molecule has 1 aliphatic heterocycles. The number of likely N-dealkylation sites (tertiary alicyclic amines) is 1. The van der Waals surface area contributed by atoms with Crippen LogP contribution in [0.1, 0.15) is 25.3 Å². The zero-order valence-electron chi connectivity index (χ0n) is 9.25. The fourth-order valence-electron chi connectivity index (χ4n) is 2.16. The molecule has 2 heterocycles. The second-order valence-corrected chi connectivity index (χ2v) is 4.20. The van der Waals surface area contributed by atoms with Gasteiger partial charge in [-0.1, -0.05) is 0 Å². The number of hydrogen-bond donors (Lipinski definition) is 1. The Bertz CT molecular complexity index is 329. The lowest BCUT2D eigenvalue weighted by molar-refractivity contribution is -0.137. The summed E-state index contributed by atoms with van der Waals surface area (Å²) in [4.78, 5) is 12.7. The van der Waals surface area contributed by atoms with E-state index in [-0.39, 0.29) is 6.42 Å². The quantitative estimate of drug-likeness (QED) is 0.827. The third-order valence-electron chi connectivity index (χ3n) is 3.10. The van der Waals surface area contributed by atoms with Crippen molar-refractivity contribution in [1.82, 2.24) is 14.7 Å². The zero-order chi connectivity index (χ0) is 11.4. The van der Waals surface area contributed by atoms with E-state index >= 15 is 0 Å². The van der Waals surface area contributed by atoms with Crippen LogP contribution in [0.25, 0.3) is 0 Å². The van der Waals surface area contributed by atoms with Crippen LogP contribution in [0.5, 0.6) is 0 Å². The Kier molecular flexibility index (Phi) is 3.56. The maximum Gasteiger partial charge on any atom is 0.304 e. The maximum absolute atomic E-state index is 10.5. The number of piperidine rings is 1. The predicted octanol–water partition coefficient (Wildman–Crippen LogP) is 0.995. The molecule has 1 aromatic rings. The highest BCUT2D eigenvalue weighted by Gasteiger charge is 2.20. The molecule has 5 nitrogen and oxygen atoms in total. The van der Waals surface area contributed by atoms with Gasteiger partial charge >= 0.3 is 5.97 Å². The molecule has 0 atom stereocenters. The molecule has 2 rings (SSSR count). The number of carboxylic acids is 1. The van der Waals surface area contributed by atoms with Crippen LogP contribution in [0.15, 0.2) is 18.5 Å². The summed E-state index contributed by atoms with van der Waals surface area (Å²) < 4.78 is 2.01. The van der Waals surface area contributed by atoms with Crippen molar-refractivity contribution in [1.29, 1.82) is 0 Å². The minimum Gasteiger partial charge on any atom is -0.481 e. The zero-order valence-corrected chi connectivity index (χ0v) is 9.25. The van der Waals surface area contributed by atoms with Crippen LogP contribution in [-0.4, -0.2) is 45.4 Å². The maximum atomic E-state index is 10.5. The molecular weight excluding hydrogens is 206 g/mol. The lowest BCUT2D eigenvalue weighted by Crippen LogP contribution is -2.36. The molecule has 0 aromatic carbocycles. The molecule has 0 radical (unpaired) electrons. The number of carbonyl (C=O) groups is 1. The van der Waals surface area contributed by atoms with E-state index in [1.807, 2.05) is 16.9 Å². The second-order valence-electron chi connectivity index (χ2n) is 4.20. The molecule has 1 aliphatic rings. The van der Waals surface area contributed by atoms with Crippen molar-refractivity contribution in [2.45, 2.75) is 25.3 Å². The van der Waals surface area contributed by atoms with Crippen molar-refractivity contribution in [2.24, 2.45) is 0 Å². The number of carboxylic acid groups (broad SMARTS) is 1. The van der Waals surface area contributed by atoms with E-state index in [0.29, 0.717) is 12.6 Å². The van der Waals surface area contributed by atoms with Gasteiger partial charge in [-0.05, 0) is 18.9 Å². The Morgan fingerprint density at radius 2 is 2.19 bits per heavy atom. The third kappa shape index (κ3) is 2.82. The molecule has 0 aliphatic carbocycles. The summed E-state index contributed by atoms with van der Waals surface area (Å²) in [6.45, 7) is 2.61. The van der Waals surface area contributed by atoms with Crippen LogP contribution in [0, 0.1) is 0 Å². The summed E-state index contributed by atoms with van der Waals surface area (Å²) in [5, 5.41) is 12.8. The minimum atomic E-state index is -0.714. The summed E-state index contributed by atoms with van der Waals surface area (Å²) in [7, 11) is 0. The molecule has 0 saturated carbocycles. The van der Waals surface area contributed by atoms with Gasteiger partial charge in [0.15, 0.2) is 0 Å². The highest BCUT2D eigenvalue weighted by Crippen LogP contribution is 2.21. The Labute approximate surface area is 94.7 Å².